The summed E-state index contributed by atoms with van der Waals surface area (Å²) in [5, 5.41) is 2.98. The highest BCUT2D eigenvalue weighted by Gasteiger charge is 2.20. The van der Waals surface area contributed by atoms with E-state index in [-0.39, 0.29) is 5.91 Å². The largest absolute Gasteiger partial charge is 0.480 e. The van der Waals surface area contributed by atoms with Crippen LogP contribution in [-0.2, 0) is 4.79 Å². The molecule has 4 heteroatoms. The topological polar surface area (TPSA) is 38.3 Å². The van der Waals surface area contributed by atoms with Crippen LogP contribution in [-0.4, -0.2) is 18.3 Å². The Morgan fingerprint density at radius 2 is 1.96 bits per heavy atom. The minimum Gasteiger partial charge on any atom is -0.480 e. The first-order valence-electron chi connectivity index (χ1n) is 7.73. The molecule has 1 atom stereocenters. The zero-order valence-electron chi connectivity index (χ0n) is 14.1. The summed E-state index contributed by atoms with van der Waals surface area (Å²) in [5.74, 6) is 0.643. The summed E-state index contributed by atoms with van der Waals surface area (Å²) >= 11 is 1.61. The Morgan fingerprint density at radius 3 is 2.61 bits per heavy atom. The molecule has 0 heterocycles. The number of aryl methyl sites for hydroxylation is 2. The molecule has 122 valence electrons. The van der Waals surface area contributed by atoms with Gasteiger partial charge in [-0.1, -0.05) is 36.8 Å². The number of amides is 1. The minimum absolute atomic E-state index is 0.117. The third-order valence-corrected chi connectivity index (χ3v) is 4.42. The van der Waals surface area contributed by atoms with Crippen LogP contribution in [0.2, 0.25) is 0 Å². The molecule has 0 fully saturated rings. The van der Waals surface area contributed by atoms with Gasteiger partial charge in [0.05, 0.1) is 5.69 Å². The fourth-order valence-corrected chi connectivity index (χ4v) is 2.92. The van der Waals surface area contributed by atoms with E-state index in [4.69, 9.17) is 4.74 Å². The first kappa shape index (κ1) is 17.4. The Labute approximate surface area is 142 Å². The molecule has 23 heavy (non-hydrogen) atoms. The molecule has 1 amide bonds. The number of rotatable bonds is 6. The first-order valence-corrected chi connectivity index (χ1v) is 8.95. The summed E-state index contributed by atoms with van der Waals surface area (Å²) < 4.78 is 5.94. The van der Waals surface area contributed by atoms with Gasteiger partial charge in [0.2, 0.25) is 0 Å². The van der Waals surface area contributed by atoms with Crippen molar-refractivity contribution in [1.82, 2.24) is 0 Å². The van der Waals surface area contributed by atoms with Crippen molar-refractivity contribution in [2.75, 3.05) is 11.6 Å². The van der Waals surface area contributed by atoms with E-state index < -0.39 is 6.10 Å². The zero-order valence-corrected chi connectivity index (χ0v) is 14.9. The van der Waals surface area contributed by atoms with Gasteiger partial charge in [-0.3, -0.25) is 4.79 Å². The number of para-hydroxylation sites is 1. The van der Waals surface area contributed by atoms with Gasteiger partial charge < -0.3 is 10.1 Å². The van der Waals surface area contributed by atoms with Crippen molar-refractivity contribution >= 4 is 23.4 Å². The molecule has 0 aliphatic heterocycles. The van der Waals surface area contributed by atoms with E-state index in [1.165, 1.54) is 5.56 Å². The molecule has 2 rings (SSSR count). The monoisotopic (exact) mass is 329 g/mol. The van der Waals surface area contributed by atoms with Crippen LogP contribution < -0.4 is 10.1 Å². The second-order valence-corrected chi connectivity index (χ2v) is 6.32. The lowest BCUT2D eigenvalue weighted by atomic mass is 10.1. The van der Waals surface area contributed by atoms with Gasteiger partial charge >= 0.3 is 0 Å². The number of nitrogens with one attached hydrogen (secondary N) is 1. The molecule has 0 aliphatic carbocycles. The molecule has 2 aromatic rings. The summed E-state index contributed by atoms with van der Waals surface area (Å²) in [6.07, 6.45) is 2.10. The van der Waals surface area contributed by atoms with Crippen LogP contribution in [0.4, 0.5) is 5.69 Å². The standard InChI is InChI=1S/C19H23NO2S/c1-5-16(22-17-11-10-13(2)12-14(17)3)19(21)20-15-8-6-7-9-18(15)23-4/h6-12,16H,5H2,1-4H3,(H,20,21). The van der Waals surface area contributed by atoms with Crippen molar-refractivity contribution in [2.24, 2.45) is 0 Å². The first-order chi connectivity index (χ1) is 11.0. The smallest absolute Gasteiger partial charge is 0.265 e. The minimum atomic E-state index is -0.508. The van der Waals surface area contributed by atoms with Crippen LogP contribution in [0.1, 0.15) is 24.5 Å². The summed E-state index contributed by atoms with van der Waals surface area (Å²) in [6, 6.07) is 13.8. The predicted octanol–water partition coefficient (Wildman–Crippen LogP) is 4.82. The normalized spacial score (nSPS) is 11.8. The Bertz CT molecular complexity index is 685. The van der Waals surface area contributed by atoms with Gasteiger partial charge in [0.25, 0.3) is 5.91 Å². The average Bonchev–Trinajstić information content (AvgIpc) is 2.54. The van der Waals surface area contributed by atoms with Crippen molar-refractivity contribution in [3.8, 4) is 5.75 Å². The second kappa shape index (κ2) is 8.06. The van der Waals surface area contributed by atoms with Crippen LogP contribution in [0.15, 0.2) is 47.4 Å². The quantitative estimate of drug-likeness (QED) is 0.772. The van der Waals surface area contributed by atoms with E-state index in [2.05, 4.69) is 11.4 Å². The molecule has 0 radical (unpaired) electrons. The molecule has 0 saturated heterocycles. The highest BCUT2D eigenvalue weighted by molar-refractivity contribution is 7.98. The third kappa shape index (κ3) is 4.52. The van der Waals surface area contributed by atoms with Crippen molar-refractivity contribution < 1.29 is 9.53 Å². The lowest BCUT2D eigenvalue weighted by Gasteiger charge is -2.19. The molecule has 1 unspecified atom stereocenters. The van der Waals surface area contributed by atoms with Crippen molar-refractivity contribution in [2.45, 2.75) is 38.2 Å². The number of ether oxygens (including phenoxy) is 1. The average molecular weight is 329 g/mol. The Balaban J connectivity index is 2.12. The van der Waals surface area contributed by atoms with Crippen LogP contribution in [0.5, 0.6) is 5.75 Å². The molecular weight excluding hydrogens is 306 g/mol. The maximum atomic E-state index is 12.5. The SMILES string of the molecule is CCC(Oc1ccc(C)cc1C)C(=O)Nc1ccccc1SC. The van der Waals surface area contributed by atoms with Crippen LogP contribution in [0.25, 0.3) is 0 Å². The maximum absolute atomic E-state index is 12.5. The summed E-state index contributed by atoms with van der Waals surface area (Å²) in [6.45, 7) is 5.99. The molecule has 1 N–H and O–H groups in total. The number of carbonyl (C=O) groups excluding carboxylic acids is 1. The Hall–Kier alpha value is -1.94. The molecule has 0 aromatic heterocycles. The molecule has 0 spiro atoms. The summed E-state index contributed by atoms with van der Waals surface area (Å²) in [7, 11) is 0. The number of benzene rings is 2. The molecule has 3 nitrogen and oxygen atoms in total. The van der Waals surface area contributed by atoms with Gasteiger partial charge in [0.1, 0.15) is 5.75 Å². The summed E-state index contributed by atoms with van der Waals surface area (Å²) in [4.78, 5) is 13.6. The number of thioether (sulfide) groups is 1. The number of anilines is 1. The summed E-state index contributed by atoms with van der Waals surface area (Å²) in [5.41, 5.74) is 3.05. The van der Waals surface area contributed by atoms with Crippen LogP contribution >= 0.6 is 11.8 Å². The van der Waals surface area contributed by atoms with Gasteiger partial charge in [-0.05, 0) is 50.3 Å². The van der Waals surface area contributed by atoms with Crippen molar-refractivity contribution in [1.29, 1.82) is 0 Å². The maximum Gasteiger partial charge on any atom is 0.265 e. The zero-order chi connectivity index (χ0) is 16.8. The van der Waals surface area contributed by atoms with E-state index >= 15 is 0 Å². The fourth-order valence-electron chi connectivity index (χ4n) is 2.37. The second-order valence-electron chi connectivity index (χ2n) is 5.47. The van der Waals surface area contributed by atoms with Gasteiger partial charge in [-0.2, -0.15) is 0 Å². The fraction of sp³-hybridized carbons (Fsp3) is 0.316. The Morgan fingerprint density at radius 1 is 1.22 bits per heavy atom. The molecule has 0 saturated carbocycles. The highest BCUT2D eigenvalue weighted by Crippen LogP contribution is 2.26. The lowest BCUT2D eigenvalue weighted by molar-refractivity contribution is -0.122. The molecule has 2 aromatic carbocycles. The van der Waals surface area contributed by atoms with E-state index in [1.54, 1.807) is 11.8 Å². The van der Waals surface area contributed by atoms with E-state index in [1.807, 2.05) is 63.4 Å². The van der Waals surface area contributed by atoms with Crippen LogP contribution in [0.3, 0.4) is 0 Å². The predicted molar refractivity (Wildman–Crippen MR) is 97.5 cm³/mol. The third-order valence-electron chi connectivity index (χ3n) is 3.63. The van der Waals surface area contributed by atoms with Gasteiger partial charge in [0.15, 0.2) is 6.10 Å². The van der Waals surface area contributed by atoms with Gasteiger partial charge in [-0.25, -0.2) is 0 Å². The molecule has 0 aliphatic rings. The Kier molecular flexibility index (Phi) is 6.11. The number of carbonyl (C=O) groups is 1. The van der Waals surface area contributed by atoms with Gasteiger partial charge in [0, 0.05) is 4.90 Å². The van der Waals surface area contributed by atoms with Crippen molar-refractivity contribution in [3.05, 3.63) is 53.6 Å². The highest BCUT2D eigenvalue weighted by atomic mass is 32.2. The lowest BCUT2D eigenvalue weighted by Crippen LogP contribution is -2.32. The number of hydrogen-bond acceptors (Lipinski definition) is 3. The number of hydrogen-bond donors (Lipinski definition) is 1. The van der Waals surface area contributed by atoms with E-state index in [0.29, 0.717) is 6.42 Å². The van der Waals surface area contributed by atoms with Crippen molar-refractivity contribution in [3.63, 3.8) is 0 Å². The molecular formula is C19H23NO2S. The van der Waals surface area contributed by atoms with E-state index in [0.717, 1.165) is 21.9 Å². The van der Waals surface area contributed by atoms with E-state index in [9.17, 15) is 4.79 Å². The molecule has 0 bridgehead atoms. The van der Waals surface area contributed by atoms with Crippen LogP contribution in [0, 0.1) is 13.8 Å². The van der Waals surface area contributed by atoms with Gasteiger partial charge in [-0.15, -0.1) is 11.8 Å².